The number of ketones is 1. The molecular weight excluding hydrogens is 260 g/mol. The quantitative estimate of drug-likeness (QED) is 0.808. The Balaban J connectivity index is 2.17. The summed E-state index contributed by atoms with van der Waals surface area (Å²) >= 11 is 0. The van der Waals surface area contributed by atoms with Gasteiger partial charge in [-0.2, -0.15) is 0 Å². The molecule has 2 rings (SSSR count). The predicted octanol–water partition coefficient (Wildman–Crippen LogP) is 4.61. The molecule has 0 amide bonds. The topological polar surface area (TPSA) is 26.3 Å². The Morgan fingerprint density at radius 3 is 2.57 bits per heavy atom. The van der Waals surface area contributed by atoms with Crippen LogP contribution in [0.2, 0.25) is 0 Å². The number of aryl methyl sites for hydroxylation is 2. The van der Waals surface area contributed by atoms with Crippen LogP contribution in [0, 0.1) is 12.3 Å². The van der Waals surface area contributed by atoms with Gasteiger partial charge in [0.25, 0.3) is 0 Å². The molecule has 0 bridgehead atoms. The van der Waals surface area contributed by atoms with Gasteiger partial charge in [0.1, 0.15) is 0 Å². The second kappa shape index (κ2) is 6.46. The van der Waals surface area contributed by atoms with E-state index in [1.807, 2.05) is 20.8 Å². The third-order valence-corrected chi connectivity index (χ3v) is 4.04. The Labute approximate surface area is 128 Å². The van der Waals surface area contributed by atoms with E-state index in [0.29, 0.717) is 12.4 Å². The second-order valence-electron chi connectivity index (χ2n) is 6.89. The van der Waals surface area contributed by atoms with Crippen LogP contribution in [0.5, 0.6) is 0 Å². The number of carbonyl (C=O) groups excluding carboxylic acids is 1. The first-order valence-corrected chi connectivity index (χ1v) is 7.83. The number of allylic oxidation sites excluding steroid dienone is 2. The monoisotopic (exact) mass is 286 g/mol. The van der Waals surface area contributed by atoms with Gasteiger partial charge in [0.2, 0.25) is 5.78 Å². The molecule has 1 aromatic rings. The van der Waals surface area contributed by atoms with Crippen LogP contribution in [-0.2, 0) is 16.0 Å². The lowest BCUT2D eigenvalue weighted by molar-refractivity contribution is -0.126. The van der Waals surface area contributed by atoms with Crippen molar-refractivity contribution < 1.29 is 9.53 Å². The first-order valence-electron chi connectivity index (χ1n) is 7.83. The molecule has 1 aliphatic rings. The Bertz CT molecular complexity index is 547. The van der Waals surface area contributed by atoms with Gasteiger partial charge in [0, 0.05) is 5.41 Å². The van der Waals surface area contributed by atoms with Gasteiger partial charge >= 0.3 is 0 Å². The summed E-state index contributed by atoms with van der Waals surface area (Å²) in [5, 5.41) is 0. The van der Waals surface area contributed by atoms with Gasteiger partial charge in [-0.1, -0.05) is 45.0 Å². The molecule has 1 aliphatic heterocycles. The number of rotatable bonds is 4. The van der Waals surface area contributed by atoms with Gasteiger partial charge in [-0.25, -0.2) is 0 Å². The summed E-state index contributed by atoms with van der Waals surface area (Å²) in [6.07, 6.45) is 3.90. The molecule has 21 heavy (non-hydrogen) atoms. The highest BCUT2D eigenvalue weighted by Crippen LogP contribution is 2.30. The highest BCUT2D eigenvalue weighted by Gasteiger charge is 2.30. The van der Waals surface area contributed by atoms with Crippen molar-refractivity contribution in [3.8, 4) is 0 Å². The molecule has 0 saturated heterocycles. The SMILES string of the molecule is Cc1ccccc1CCC1=C(C(=O)C(C)(C)C)OCCC1. The van der Waals surface area contributed by atoms with E-state index < -0.39 is 0 Å². The maximum Gasteiger partial charge on any atom is 0.202 e. The number of carbonyl (C=O) groups is 1. The number of ether oxygens (including phenoxy) is 1. The van der Waals surface area contributed by atoms with E-state index in [0.717, 1.165) is 25.7 Å². The zero-order valence-corrected chi connectivity index (χ0v) is 13.7. The minimum atomic E-state index is -0.374. The summed E-state index contributed by atoms with van der Waals surface area (Å²) in [6.45, 7) is 8.69. The summed E-state index contributed by atoms with van der Waals surface area (Å²) in [4.78, 5) is 12.5. The van der Waals surface area contributed by atoms with Crippen LogP contribution < -0.4 is 0 Å². The van der Waals surface area contributed by atoms with Gasteiger partial charge in [0.15, 0.2) is 5.76 Å². The molecular formula is C19H26O2. The summed E-state index contributed by atoms with van der Waals surface area (Å²) in [7, 11) is 0. The van der Waals surface area contributed by atoms with Gasteiger partial charge in [0.05, 0.1) is 6.61 Å². The molecule has 1 heterocycles. The normalized spacial score (nSPS) is 15.8. The van der Waals surface area contributed by atoms with E-state index in [-0.39, 0.29) is 11.2 Å². The van der Waals surface area contributed by atoms with Crippen molar-refractivity contribution in [2.45, 2.75) is 53.4 Å². The number of hydrogen-bond acceptors (Lipinski definition) is 2. The maximum atomic E-state index is 12.5. The molecule has 0 fully saturated rings. The molecule has 0 aliphatic carbocycles. The lowest BCUT2D eigenvalue weighted by Crippen LogP contribution is -2.26. The molecule has 114 valence electrons. The molecule has 1 aromatic carbocycles. The first kappa shape index (κ1) is 15.8. The molecule has 0 aromatic heterocycles. The van der Waals surface area contributed by atoms with Gasteiger partial charge < -0.3 is 4.74 Å². The average Bonchev–Trinajstić information content (AvgIpc) is 2.45. The molecule has 0 radical (unpaired) electrons. The van der Waals surface area contributed by atoms with E-state index in [2.05, 4.69) is 31.2 Å². The molecule has 0 saturated carbocycles. The minimum Gasteiger partial charge on any atom is -0.490 e. The van der Waals surface area contributed by atoms with Crippen LogP contribution in [-0.4, -0.2) is 12.4 Å². The fraction of sp³-hybridized carbons (Fsp3) is 0.526. The molecule has 2 heteroatoms. The third kappa shape index (κ3) is 3.96. The highest BCUT2D eigenvalue weighted by atomic mass is 16.5. The van der Waals surface area contributed by atoms with Crippen molar-refractivity contribution in [2.24, 2.45) is 5.41 Å². The molecule has 0 atom stereocenters. The maximum absolute atomic E-state index is 12.5. The summed E-state index contributed by atoms with van der Waals surface area (Å²) in [5.74, 6) is 0.782. The van der Waals surface area contributed by atoms with Crippen LogP contribution in [0.15, 0.2) is 35.6 Å². The van der Waals surface area contributed by atoms with E-state index in [4.69, 9.17) is 4.74 Å². The molecule has 0 unspecified atom stereocenters. The minimum absolute atomic E-state index is 0.141. The van der Waals surface area contributed by atoms with Crippen molar-refractivity contribution in [1.82, 2.24) is 0 Å². The summed E-state index contributed by atoms with van der Waals surface area (Å²) in [6, 6.07) is 8.46. The number of Topliss-reactive ketones (excluding diaryl/α,β-unsaturated/α-hetero) is 1. The van der Waals surface area contributed by atoms with Gasteiger partial charge in [-0.3, -0.25) is 4.79 Å². The van der Waals surface area contributed by atoms with Crippen LogP contribution in [0.3, 0.4) is 0 Å². The lowest BCUT2D eigenvalue weighted by atomic mass is 9.86. The Kier molecular flexibility index (Phi) is 4.87. The fourth-order valence-corrected chi connectivity index (χ4v) is 2.66. The Hall–Kier alpha value is -1.57. The highest BCUT2D eigenvalue weighted by molar-refractivity contribution is 5.98. The van der Waals surface area contributed by atoms with Crippen molar-refractivity contribution in [3.05, 3.63) is 46.7 Å². The summed E-state index contributed by atoms with van der Waals surface area (Å²) < 4.78 is 5.73. The molecule has 0 N–H and O–H groups in total. The van der Waals surface area contributed by atoms with Gasteiger partial charge in [-0.15, -0.1) is 0 Å². The van der Waals surface area contributed by atoms with E-state index in [1.54, 1.807) is 0 Å². The van der Waals surface area contributed by atoms with Crippen LogP contribution in [0.1, 0.15) is 51.2 Å². The number of benzene rings is 1. The average molecular weight is 286 g/mol. The molecule has 0 spiro atoms. The van der Waals surface area contributed by atoms with Crippen LogP contribution >= 0.6 is 0 Å². The lowest BCUT2D eigenvalue weighted by Gasteiger charge is -2.25. The number of hydrogen-bond donors (Lipinski definition) is 0. The smallest absolute Gasteiger partial charge is 0.202 e. The molecule has 2 nitrogen and oxygen atoms in total. The van der Waals surface area contributed by atoms with Crippen molar-refractivity contribution in [1.29, 1.82) is 0 Å². The van der Waals surface area contributed by atoms with Crippen LogP contribution in [0.25, 0.3) is 0 Å². The second-order valence-corrected chi connectivity index (χ2v) is 6.89. The van der Waals surface area contributed by atoms with Crippen molar-refractivity contribution in [3.63, 3.8) is 0 Å². The van der Waals surface area contributed by atoms with Crippen molar-refractivity contribution >= 4 is 5.78 Å². The largest absolute Gasteiger partial charge is 0.490 e. The standard InChI is InChI=1S/C19H26O2/c1-14-8-5-6-9-15(14)11-12-16-10-7-13-21-17(16)18(20)19(2,3)4/h5-6,8-9H,7,10-13H2,1-4H3. The Morgan fingerprint density at radius 2 is 1.90 bits per heavy atom. The summed E-state index contributed by atoms with van der Waals surface area (Å²) in [5.41, 5.74) is 3.50. The van der Waals surface area contributed by atoms with E-state index >= 15 is 0 Å². The third-order valence-electron chi connectivity index (χ3n) is 4.04. The first-order chi connectivity index (χ1) is 9.89. The van der Waals surface area contributed by atoms with Crippen LogP contribution in [0.4, 0.5) is 0 Å². The Morgan fingerprint density at radius 1 is 1.19 bits per heavy atom. The van der Waals surface area contributed by atoms with E-state index in [1.165, 1.54) is 16.7 Å². The van der Waals surface area contributed by atoms with Crippen molar-refractivity contribution in [2.75, 3.05) is 6.61 Å². The van der Waals surface area contributed by atoms with E-state index in [9.17, 15) is 4.79 Å². The predicted molar refractivity (Wildman–Crippen MR) is 86.2 cm³/mol. The zero-order valence-electron chi connectivity index (χ0n) is 13.7. The fourth-order valence-electron chi connectivity index (χ4n) is 2.66. The van der Waals surface area contributed by atoms with Gasteiger partial charge in [-0.05, 0) is 49.3 Å². The zero-order chi connectivity index (χ0) is 15.5.